The topological polar surface area (TPSA) is 55.4 Å². The molecule has 1 N–H and O–H groups in total. The summed E-state index contributed by atoms with van der Waals surface area (Å²) in [5.74, 6) is -0.127. The fourth-order valence-corrected chi connectivity index (χ4v) is 2.70. The Morgan fingerprint density at radius 2 is 2.11 bits per heavy atom. The van der Waals surface area contributed by atoms with Gasteiger partial charge in [0, 0.05) is 11.9 Å². The highest BCUT2D eigenvalue weighted by Crippen LogP contribution is 2.22. The normalized spacial score (nSPS) is 11.3. The Hall–Kier alpha value is -1.01. The van der Waals surface area contributed by atoms with Crippen LogP contribution in [-0.2, 0) is 10.0 Å². The van der Waals surface area contributed by atoms with Gasteiger partial charge in [-0.15, -0.1) is 11.6 Å². The Kier molecular flexibility index (Phi) is 5.68. The molecule has 0 saturated carbocycles. The van der Waals surface area contributed by atoms with Gasteiger partial charge in [-0.1, -0.05) is 0 Å². The lowest BCUT2D eigenvalue weighted by Gasteiger charge is -2.09. The minimum absolute atomic E-state index is 0.00374. The molecule has 0 fully saturated rings. The molecule has 4 nitrogen and oxygen atoms in total. The number of hydrogen-bond acceptors (Lipinski definition) is 3. The largest absolute Gasteiger partial charge is 0.494 e. The van der Waals surface area contributed by atoms with E-state index in [0.29, 0.717) is 18.7 Å². The lowest BCUT2D eigenvalue weighted by atomic mass is 10.3. The van der Waals surface area contributed by atoms with Crippen molar-refractivity contribution in [3.63, 3.8) is 0 Å². The zero-order chi connectivity index (χ0) is 13.6. The highest BCUT2D eigenvalue weighted by Gasteiger charge is 2.11. The van der Waals surface area contributed by atoms with Crippen LogP contribution in [0.3, 0.4) is 0 Å². The van der Waals surface area contributed by atoms with Gasteiger partial charge < -0.3 is 4.74 Å². The molecule has 0 saturated heterocycles. The number of benzene rings is 1. The first-order valence-corrected chi connectivity index (χ1v) is 7.57. The highest BCUT2D eigenvalue weighted by atomic mass is 35.5. The van der Waals surface area contributed by atoms with Crippen molar-refractivity contribution in [3.05, 3.63) is 24.0 Å². The Balaban J connectivity index is 2.72. The molecule has 0 aromatic heterocycles. The predicted molar refractivity (Wildman–Crippen MR) is 70.3 cm³/mol. The van der Waals surface area contributed by atoms with E-state index in [1.165, 1.54) is 19.2 Å². The van der Waals surface area contributed by atoms with Crippen molar-refractivity contribution in [2.75, 3.05) is 23.5 Å². The summed E-state index contributed by atoms with van der Waals surface area (Å²) in [5.41, 5.74) is 0.277. The first-order valence-electron chi connectivity index (χ1n) is 5.38. The van der Waals surface area contributed by atoms with E-state index in [2.05, 4.69) is 4.72 Å². The average molecular weight is 296 g/mol. The van der Waals surface area contributed by atoms with Crippen LogP contribution in [-0.4, -0.2) is 27.2 Å². The molecule has 0 heterocycles. The van der Waals surface area contributed by atoms with Gasteiger partial charge in [0.15, 0.2) is 11.6 Å². The lowest BCUT2D eigenvalue weighted by Crippen LogP contribution is -2.16. The van der Waals surface area contributed by atoms with Gasteiger partial charge in [-0.3, -0.25) is 4.72 Å². The van der Waals surface area contributed by atoms with Crippen molar-refractivity contribution in [1.82, 2.24) is 0 Å². The Morgan fingerprint density at radius 3 is 2.72 bits per heavy atom. The standard InChI is InChI=1S/C11H15ClFNO3S/c1-17-11-8-9(4-5-10(11)13)14-18(15,16)7-3-2-6-12/h4-5,8,14H,2-3,6-7H2,1H3. The van der Waals surface area contributed by atoms with Gasteiger partial charge in [-0.25, -0.2) is 12.8 Å². The molecule has 0 aliphatic heterocycles. The maximum atomic E-state index is 13.1. The van der Waals surface area contributed by atoms with E-state index in [9.17, 15) is 12.8 Å². The molecule has 7 heteroatoms. The first-order chi connectivity index (χ1) is 8.48. The number of anilines is 1. The molecule has 0 unspecified atom stereocenters. The number of halogens is 2. The molecule has 1 aromatic carbocycles. The molecule has 0 radical (unpaired) electrons. The number of unbranched alkanes of at least 4 members (excludes halogenated alkanes) is 1. The third-order valence-corrected chi connectivity index (χ3v) is 3.86. The zero-order valence-electron chi connectivity index (χ0n) is 9.95. The van der Waals surface area contributed by atoms with Crippen LogP contribution in [0.1, 0.15) is 12.8 Å². The smallest absolute Gasteiger partial charge is 0.232 e. The highest BCUT2D eigenvalue weighted by molar-refractivity contribution is 7.92. The zero-order valence-corrected chi connectivity index (χ0v) is 11.5. The molecule has 0 aliphatic rings. The number of sulfonamides is 1. The van der Waals surface area contributed by atoms with Gasteiger partial charge in [-0.05, 0) is 25.0 Å². The van der Waals surface area contributed by atoms with Crippen molar-refractivity contribution in [1.29, 1.82) is 0 Å². The van der Waals surface area contributed by atoms with Gasteiger partial charge in [0.2, 0.25) is 10.0 Å². The number of rotatable bonds is 7. The molecule has 0 bridgehead atoms. The van der Waals surface area contributed by atoms with Crippen molar-refractivity contribution in [2.24, 2.45) is 0 Å². The molecule has 0 aliphatic carbocycles. The molecular formula is C11H15ClFNO3S. The van der Waals surface area contributed by atoms with E-state index in [1.807, 2.05) is 0 Å². The molecule has 0 spiro atoms. The number of ether oxygens (including phenoxy) is 1. The summed E-state index contributed by atoms with van der Waals surface area (Å²) >= 11 is 5.47. The number of hydrogen-bond donors (Lipinski definition) is 1. The summed E-state index contributed by atoms with van der Waals surface area (Å²) in [6, 6.07) is 3.79. The second-order valence-electron chi connectivity index (χ2n) is 3.67. The fraction of sp³-hybridized carbons (Fsp3) is 0.455. The number of methoxy groups -OCH3 is 1. The summed E-state index contributed by atoms with van der Waals surface area (Å²) in [5, 5.41) is 0. The quantitative estimate of drug-likeness (QED) is 0.621. The fourth-order valence-electron chi connectivity index (χ4n) is 1.34. The summed E-state index contributed by atoms with van der Waals surface area (Å²) < 4.78 is 43.6. The first kappa shape index (κ1) is 15.0. The van der Waals surface area contributed by atoms with Crippen LogP contribution < -0.4 is 9.46 Å². The van der Waals surface area contributed by atoms with Crippen LogP contribution in [0.4, 0.5) is 10.1 Å². The van der Waals surface area contributed by atoms with Gasteiger partial charge in [0.1, 0.15) is 0 Å². The van der Waals surface area contributed by atoms with Crippen molar-refractivity contribution < 1.29 is 17.5 Å². The van der Waals surface area contributed by atoms with Gasteiger partial charge in [0.05, 0.1) is 18.6 Å². The second kappa shape index (κ2) is 6.80. The molecular weight excluding hydrogens is 281 g/mol. The Labute approximate surface area is 111 Å². The third kappa shape index (κ3) is 4.70. The Morgan fingerprint density at radius 1 is 1.39 bits per heavy atom. The Bertz CT molecular complexity index is 493. The maximum absolute atomic E-state index is 13.1. The molecule has 0 atom stereocenters. The molecule has 102 valence electrons. The van der Waals surface area contributed by atoms with E-state index in [4.69, 9.17) is 16.3 Å². The predicted octanol–water partition coefficient (Wildman–Crippen LogP) is 2.60. The van der Waals surface area contributed by atoms with Crippen LogP contribution in [0.5, 0.6) is 5.75 Å². The average Bonchev–Trinajstić information content (AvgIpc) is 2.31. The minimum atomic E-state index is -3.43. The van der Waals surface area contributed by atoms with E-state index in [1.54, 1.807) is 0 Å². The van der Waals surface area contributed by atoms with Crippen molar-refractivity contribution >= 4 is 27.3 Å². The summed E-state index contributed by atoms with van der Waals surface area (Å²) in [6.07, 6.45) is 1.12. The molecule has 1 aromatic rings. The van der Waals surface area contributed by atoms with Crippen LogP contribution in [0.25, 0.3) is 0 Å². The van der Waals surface area contributed by atoms with Crippen LogP contribution in [0, 0.1) is 5.82 Å². The number of alkyl halides is 1. The molecule has 1 rings (SSSR count). The van der Waals surface area contributed by atoms with Crippen molar-refractivity contribution in [3.8, 4) is 5.75 Å². The summed E-state index contributed by atoms with van der Waals surface area (Å²) in [7, 11) is -2.11. The van der Waals surface area contributed by atoms with Crippen LogP contribution in [0.15, 0.2) is 18.2 Å². The van der Waals surface area contributed by atoms with E-state index < -0.39 is 15.8 Å². The summed E-state index contributed by atoms with van der Waals surface area (Å²) in [4.78, 5) is 0. The van der Waals surface area contributed by atoms with Gasteiger partial charge >= 0.3 is 0 Å². The third-order valence-electron chi connectivity index (χ3n) is 2.22. The van der Waals surface area contributed by atoms with Crippen LogP contribution in [0.2, 0.25) is 0 Å². The minimum Gasteiger partial charge on any atom is -0.494 e. The molecule has 18 heavy (non-hydrogen) atoms. The lowest BCUT2D eigenvalue weighted by molar-refractivity contribution is 0.387. The van der Waals surface area contributed by atoms with Crippen molar-refractivity contribution in [2.45, 2.75) is 12.8 Å². The van der Waals surface area contributed by atoms with E-state index in [0.717, 1.165) is 6.07 Å². The van der Waals surface area contributed by atoms with E-state index in [-0.39, 0.29) is 17.2 Å². The second-order valence-corrected chi connectivity index (χ2v) is 5.89. The SMILES string of the molecule is COc1cc(NS(=O)(=O)CCCCCl)ccc1F. The van der Waals surface area contributed by atoms with Gasteiger partial charge in [0.25, 0.3) is 0 Å². The van der Waals surface area contributed by atoms with Crippen LogP contribution >= 0.6 is 11.6 Å². The number of nitrogens with one attached hydrogen (secondary N) is 1. The maximum Gasteiger partial charge on any atom is 0.232 e. The van der Waals surface area contributed by atoms with E-state index >= 15 is 0 Å². The monoisotopic (exact) mass is 295 g/mol. The summed E-state index contributed by atoms with van der Waals surface area (Å²) in [6.45, 7) is 0. The van der Waals surface area contributed by atoms with Gasteiger partial charge in [-0.2, -0.15) is 0 Å². The molecule has 0 amide bonds.